The zero-order valence-corrected chi connectivity index (χ0v) is 9.64. The molecule has 0 atom stereocenters. The fraction of sp³-hybridized carbons (Fsp3) is 0.455. The SMILES string of the molecule is C=COC.CCCCOC(=O)/C=C\C(=O)O. The van der Waals surface area contributed by atoms with E-state index in [0.29, 0.717) is 6.61 Å². The largest absolute Gasteiger partial charge is 0.505 e. The molecule has 0 aliphatic carbocycles. The van der Waals surface area contributed by atoms with Crippen molar-refractivity contribution in [1.29, 1.82) is 0 Å². The molecule has 0 radical (unpaired) electrons. The van der Waals surface area contributed by atoms with Crippen molar-refractivity contribution < 1.29 is 24.2 Å². The Morgan fingerprint density at radius 2 is 1.94 bits per heavy atom. The average Bonchev–Trinajstić information content (AvgIpc) is 2.27. The van der Waals surface area contributed by atoms with Gasteiger partial charge in [-0.2, -0.15) is 0 Å². The fourth-order valence-corrected chi connectivity index (χ4v) is 0.505. The Morgan fingerprint density at radius 3 is 2.31 bits per heavy atom. The molecule has 5 heteroatoms. The van der Waals surface area contributed by atoms with Crippen molar-refractivity contribution in [2.24, 2.45) is 0 Å². The average molecular weight is 230 g/mol. The molecular weight excluding hydrogens is 212 g/mol. The summed E-state index contributed by atoms with van der Waals surface area (Å²) in [6, 6.07) is 0. The first-order valence-electron chi connectivity index (χ1n) is 4.79. The number of unbranched alkanes of at least 4 members (excludes halogenated alkanes) is 1. The summed E-state index contributed by atoms with van der Waals surface area (Å²) >= 11 is 0. The van der Waals surface area contributed by atoms with Gasteiger partial charge in [0.25, 0.3) is 0 Å². The maximum atomic E-state index is 10.6. The highest BCUT2D eigenvalue weighted by molar-refractivity contribution is 5.90. The lowest BCUT2D eigenvalue weighted by atomic mass is 10.4. The Morgan fingerprint density at radius 1 is 1.38 bits per heavy atom. The predicted molar refractivity (Wildman–Crippen MR) is 59.8 cm³/mol. The third-order valence-electron chi connectivity index (χ3n) is 1.27. The number of ether oxygens (including phenoxy) is 2. The molecule has 0 fully saturated rings. The molecule has 0 amide bonds. The summed E-state index contributed by atoms with van der Waals surface area (Å²) in [5.41, 5.74) is 0. The first-order valence-corrected chi connectivity index (χ1v) is 4.79. The van der Waals surface area contributed by atoms with Crippen LogP contribution in [0.1, 0.15) is 19.8 Å². The monoisotopic (exact) mass is 230 g/mol. The molecule has 5 nitrogen and oxygen atoms in total. The molecule has 0 saturated heterocycles. The number of rotatable bonds is 6. The molecule has 0 aliphatic heterocycles. The quantitative estimate of drug-likeness (QED) is 0.325. The molecule has 16 heavy (non-hydrogen) atoms. The molecule has 0 aliphatic rings. The maximum Gasteiger partial charge on any atom is 0.331 e. The zero-order chi connectivity index (χ0) is 12.8. The maximum absolute atomic E-state index is 10.6. The topological polar surface area (TPSA) is 72.8 Å². The highest BCUT2D eigenvalue weighted by atomic mass is 16.5. The summed E-state index contributed by atoms with van der Waals surface area (Å²) in [5.74, 6) is -1.76. The molecule has 0 spiro atoms. The van der Waals surface area contributed by atoms with E-state index in [2.05, 4.69) is 16.1 Å². The van der Waals surface area contributed by atoms with Crippen LogP contribution in [0, 0.1) is 0 Å². The van der Waals surface area contributed by atoms with Crippen molar-refractivity contribution in [3.8, 4) is 0 Å². The van der Waals surface area contributed by atoms with Gasteiger partial charge in [0.2, 0.25) is 0 Å². The molecule has 0 aromatic carbocycles. The standard InChI is InChI=1S/C8H12O4.C3H6O/c1-2-3-6-12-8(11)5-4-7(9)10;1-3-4-2/h4-5H,2-3,6H2,1H3,(H,9,10);3H,1H2,2H3/b5-4-;. The van der Waals surface area contributed by atoms with E-state index < -0.39 is 11.9 Å². The molecule has 0 aromatic rings. The number of esters is 1. The van der Waals surface area contributed by atoms with Crippen molar-refractivity contribution in [3.05, 3.63) is 25.0 Å². The Bertz CT molecular complexity index is 233. The Balaban J connectivity index is 0. The number of carbonyl (C=O) groups excluding carboxylic acids is 1. The van der Waals surface area contributed by atoms with Crippen LogP contribution < -0.4 is 0 Å². The number of hydrogen-bond donors (Lipinski definition) is 1. The molecule has 92 valence electrons. The van der Waals surface area contributed by atoms with Gasteiger partial charge in [-0.3, -0.25) is 0 Å². The number of carbonyl (C=O) groups is 2. The van der Waals surface area contributed by atoms with Gasteiger partial charge in [-0.25, -0.2) is 9.59 Å². The normalized spacial score (nSPS) is 8.88. The zero-order valence-electron chi connectivity index (χ0n) is 9.64. The molecule has 0 bridgehead atoms. The molecule has 0 unspecified atom stereocenters. The van der Waals surface area contributed by atoms with Gasteiger partial charge < -0.3 is 14.6 Å². The van der Waals surface area contributed by atoms with Crippen LogP contribution in [0.4, 0.5) is 0 Å². The summed E-state index contributed by atoms with van der Waals surface area (Å²) in [4.78, 5) is 20.6. The van der Waals surface area contributed by atoms with E-state index in [1.165, 1.54) is 6.26 Å². The number of aliphatic carboxylic acids is 1. The second kappa shape index (κ2) is 13.2. The van der Waals surface area contributed by atoms with E-state index in [1.807, 2.05) is 6.92 Å². The number of hydrogen-bond acceptors (Lipinski definition) is 4. The molecule has 0 saturated carbocycles. The van der Waals surface area contributed by atoms with E-state index in [9.17, 15) is 9.59 Å². The van der Waals surface area contributed by atoms with Gasteiger partial charge in [-0.05, 0) is 6.42 Å². The van der Waals surface area contributed by atoms with E-state index in [4.69, 9.17) is 5.11 Å². The van der Waals surface area contributed by atoms with E-state index >= 15 is 0 Å². The van der Waals surface area contributed by atoms with Gasteiger partial charge in [0.05, 0.1) is 20.0 Å². The smallest absolute Gasteiger partial charge is 0.331 e. The first kappa shape index (κ1) is 16.6. The van der Waals surface area contributed by atoms with E-state index in [-0.39, 0.29) is 0 Å². The van der Waals surface area contributed by atoms with Gasteiger partial charge >= 0.3 is 11.9 Å². The molecule has 0 aromatic heterocycles. The third-order valence-corrected chi connectivity index (χ3v) is 1.27. The lowest BCUT2D eigenvalue weighted by molar-refractivity contribution is -0.138. The van der Waals surface area contributed by atoms with Crippen LogP contribution in [-0.4, -0.2) is 30.8 Å². The van der Waals surface area contributed by atoms with Gasteiger partial charge in [0, 0.05) is 12.2 Å². The highest BCUT2D eigenvalue weighted by Gasteiger charge is 1.96. The van der Waals surface area contributed by atoms with Crippen LogP contribution >= 0.6 is 0 Å². The Kier molecular flexibility index (Phi) is 13.8. The van der Waals surface area contributed by atoms with E-state index in [1.54, 1.807) is 7.11 Å². The number of methoxy groups -OCH3 is 1. The summed E-state index contributed by atoms with van der Waals surface area (Å²) in [6.07, 6.45) is 4.77. The minimum absolute atomic E-state index is 0.347. The van der Waals surface area contributed by atoms with Crippen LogP contribution in [0.2, 0.25) is 0 Å². The van der Waals surface area contributed by atoms with E-state index in [0.717, 1.165) is 25.0 Å². The fourth-order valence-electron chi connectivity index (χ4n) is 0.505. The molecular formula is C11H18O5. The molecule has 1 N–H and O–H groups in total. The van der Waals surface area contributed by atoms with Crippen LogP contribution in [0.15, 0.2) is 25.0 Å². The minimum atomic E-state index is -1.15. The van der Waals surface area contributed by atoms with Crippen LogP contribution in [0.25, 0.3) is 0 Å². The predicted octanol–water partition coefficient (Wildman–Crippen LogP) is 1.75. The Labute approximate surface area is 95.4 Å². The van der Waals surface area contributed by atoms with Crippen molar-refractivity contribution >= 4 is 11.9 Å². The summed E-state index contributed by atoms with van der Waals surface area (Å²) in [6.45, 7) is 5.58. The second-order valence-corrected chi connectivity index (χ2v) is 2.59. The van der Waals surface area contributed by atoms with Crippen molar-refractivity contribution in [2.75, 3.05) is 13.7 Å². The van der Waals surface area contributed by atoms with Crippen LogP contribution in [0.3, 0.4) is 0 Å². The van der Waals surface area contributed by atoms with Gasteiger partial charge in [0.15, 0.2) is 0 Å². The second-order valence-electron chi connectivity index (χ2n) is 2.59. The Hall–Kier alpha value is -1.78. The highest BCUT2D eigenvalue weighted by Crippen LogP contribution is 1.89. The summed E-state index contributed by atoms with van der Waals surface area (Å²) in [7, 11) is 1.56. The summed E-state index contributed by atoms with van der Waals surface area (Å²) < 4.78 is 8.95. The number of carboxylic acids is 1. The molecule has 0 heterocycles. The van der Waals surface area contributed by atoms with Crippen molar-refractivity contribution in [1.82, 2.24) is 0 Å². The minimum Gasteiger partial charge on any atom is -0.505 e. The molecule has 0 rings (SSSR count). The van der Waals surface area contributed by atoms with Crippen LogP contribution in [-0.2, 0) is 19.1 Å². The lowest BCUT2D eigenvalue weighted by Gasteiger charge is -1.97. The van der Waals surface area contributed by atoms with Gasteiger partial charge in [-0.15, -0.1) is 0 Å². The van der Waals surface area contributed by atoms with Crippen LogP contribution in [0.5, 0.6) is 0 Å². The third kappa shape index (κ3) is 18.1. The number of carboxylic acid groups (broad SMARTS) is 1. The van der Waals surface area contributed by atoms with Gasteiger partial charge in [0.1, 0.15) is 0 Å². The van der Waals surface area contributed by atoms with Crippen molar-refractivity contribution in [3.63, 3.8) is 0 Å². The first-order chi connectivity index (χ1) is 7.58. The van der Waals surface area contributed by atoms with Crippen molar-refractivity contribution in [2.45, 2.75) is 19.8 Å². The summed E-state index contributed by atoms with van der Waals surface area (Å²) in [5, 5.41) is 8.14. The lowest BCUT2D eigenvalue weighted by Crippen LogP contribution is -2.02. The van der Waals surface area contributed by atoms with Gasteiger partial charge in [-0.1, -0.05) is 19.9 Å².